The van der Waals surface area contributed by atoms with Crippen LogP contribution in [-0.4, -0.2) is 10.2 Å². The summed E-state index contributed by atoms with van der Waals surface area (Å²) in [6, 6.07) is 6.92. The Hall–Kier alpha value is -1.32. The first-order valence-electron chi connectivity index (χ1n) is 4.08. The van der Waals surface area contributed by atoms with E-state index in [2.05, 4.69) is 4.98 Å². The summed E-state index contributed by atoms with van der Waals surface area (Å²) in [7, 11) is 0. The fourth-order valence-corrected chi connectivity index (χ4v) is 1.30. The zero-order valence-electron chi connectivity index (χ0n) is 7.41. The predicted molar refractivity (Wildman–Crippen MR) is 57.1 cm³/mol. The summed E-state index contributed by atoms with van der Waals surface area (Å²) >= 11 is 11.0. The summed E-state index contributed by atoms with van der Waals surface area (Å²) in [6.07, 6.45) is 1.22. The second kappa shape index (κ2) is 4.04. The van der Waals surface area contributed by atoms with Crippen molar-refractivity contribution in [2.45, 2.75) is 0 Å². The normalized spacial score (nSPS) is 10.3. The average molecular weight is 242 g/mol. The molecule has 0 aliphatic rings. The molecule has 0 radical (unpaired) electrons. The summed E-state index contributed by atoms with van der Waals surface area (Å²) in [6.45, 7) is 0. The van der Waals surface area contributed by atoms with E-state index in [-0.39, 0.29) is 5.69 Å². The first-order valence-corrected chi connectivity index (χ1v) is 4.84. The van der Waals surface area contributed by atoms with Crippen LogP contribution < -0.4 is 0 Å². The molecule has 2 rings (SSSR count). The van der Waals surface area contributed by atoms with E-state index in [1.54, 1.807) is 24.3 Å². The van der Waals surface area contributed by atoms with Crippen LogP contribution in [0.4, 0.5) is 0 Å². The van der Waals surface area contributed by atoms with Crippen LogP contribution in [0.5, 0.6) is 0 Å². The highest BCUT2D eigenvalue weighted by molar-refractivity contribution is 6.67. The van der Waals surface area contributed by atoms with Crippen molar-refractivity contribution in [2.75, 3.05) is 0 Å². The SMILES string of the molecule is O=C(Cl)c1coc(-c2ccc(Cl)cc2)n1. The lowest BCUT2D eigenvalue weighted by Gasteiger charge is -1.93. The molecule has 0 spiro atoms. The van der Waals surface area contributed by atoms with E-state index in [0.717, 1.165) is 5.56 Å². The Bertz CT molecular complexity index is 490. The minimum atomic E-state index is -0.640. The van der Waals surface area contributed by atoms with E-state index >= 15 is 0 Å². The first-order chi connectivity index (χ1) is 7.16. The van der Waals surface area contributed by atoms with Crippen molar-refractivity contribution in [1.29, 1.82) is 0 Å². The van der Waals surface area contributed by atoms with Crippen molar-refractivity contribution in [1.82, 2.24) is 4.98 Å². The van der Waals surface area contributed by atoms with Gasteiger partial charge in [0.15, 0.2) is 5.69 Å². The van der Waals surface area contributed by atoms with Gasteiger partial charge >= 0.3 is 0 Å². The summed E-state index contributed by atoms with van der Waals surface area (Å²) in [5.41, 5.74) is 0.838. The number of aromatic nitrogens is 1. The van der Waals surface area contributed by atoms with E-state index < -0.39 is 5.24 Å². The number of nitrogens with zero attached hydrogens (tertiary/aromatic N) is 1. The van der Waals surface area contributed by atoms with Crippen molar-refractivity contribution >= 4 is 28.4 Å². The van der Waals surface area contributed by atoms with Gasteiger partial charge in [-0.2, -0.15) is 0 Å². The smallest absolute Gasteiger partial charge is 0.274 e. The molecule has 3 nitrogen and oxygen atoms in total. The minimum absolute atomic E-state index is 0.0987. The quantitative estimate of drug-likeness (QED) is 0.758. The van der Waals surface area contributed by atoms with E-state index in [1.807, 2.05) is 0 Å². The number of hydrogen-bond acceptors (Lipinski definition) is 3. The number of carbonyl (C=O) groups is 1. The monoisotopic (exact) mass is 241 g/mol. The van der Waals surface area contributed by atoms with Gasteiger partial charge in [-0.25, -0.2) is 4.98 Å². The molecule has 1 aromatic carbocycles. The van der Waals surface area contributed by atoms with Crippen LogP contribution in [0.25, 0.3) is 11.5 Å². The Morgan fingerprint density at radius 2 is 1.93 bits per heavy atom. The summed E-state index contributed by atoms with van der Waals surface area (Å²) < 4.78 is 5.09. The van der Waals surface area contributed by atoms with Crippen molar-refractivity contribution in [2.24, 2.45) is 0 Å². The highest BCUT2D eigenvalue weighted by Gasteiger charge is 2.10. The van der Waals surface area contributed by atoms with E-state index in [9.17, 15) is 4.79 Å². The Morgan fingerprint density at radius 1 is 1.27 bits per heavy atom. The van der Waals surface area contributed by atoms with Gasteiger partial charge in [-0.15, -0.1) is 0 Å². The number of benzene rings is 1. The zero-order valence-corrected chi connectivity index (χ0v) is 8.92. The molecular formula is C10H5Cl2NO2. The molecule has 1 aromatic heterocycles. The molecular weight excluding hydrogens is 237 g/mol. The minimum Gasteiger partial charge on any atom is -0.444 e. The number of oxazole rings is 1. The Kier molecular flexibility index (Phi) is 2.75. The largest absolute Gasteiger partial charge is 0.444 e. The van der Waals surface area contributed by atoms with Gasteiger partial charge in [-0.3, -0.25) is 4.79 Å². The number of carbonyl (C=O) groups excluding carboxylic acids is 1. The third-order valence-electron chi connectivity index (χ3n) is 1.80. The summed E-state index contributed by atoms with van der Waals surface area (Å²) in [5, 5.41) is -0.0158. The number of halogens is 2. The van der Waals surface area contributed by atoms with Crippen LogP contribution in [0.2, 0.25) is 5.02 Å². The molecule has 0 saturated carbocycles. The fourth-order valence-electron chi connectivity index (χ4n) is 1.09. The van der Waals surface area contributed by atoms with Crippen LogP contribution in [0.1, 0.15) is 10.5 Å². The standard InChI is InChI=1S/C10H5Cl2NO2/c11-7-3-1-6(2-4-7)10-13-8(5-15-10)9(12)14/h1-5H. The van der Waals surface area contributed by atoms with Crippen molar-refractivity contribution in [3.05, 3.63) is 41.2 Å². The Morgan fingerprint density at radius 3 is 2.47 bits per heavy atom. The Balaban J connectivity index is 2.37. The van der Waals surface area contributed by atoms with Gasteiger partial charge in [0.1, 0.15) is 6.26 Å². The molecule has 0 amide bonds. The second-order valence-electron chi connectivity index (χ2n) is 2.82. The van der Waals surface area contributed by atoms with Gasteiger partial charge in [0.2, 0.25) is 5.89 Å². The van der Waals surface area contributed by atoms with Gasteiger partial charge in [0, 0.05) is 10.6 Å². The lowest BCUT2D eigenvalue weighted by molar-refractivity contribution is 0.107. The molecule has 0 N–H and O–H groups in total. The van der Waals surface area contributed by atoms with Crippen LogP contribution >= 0.6 is 23.2 Å². The fraction of sp³-hybridized carbons (Fsp3) is 0. The first kappa shape index (κ1) is 10.2. The zero-order chi connectivity index (χ0) is 10.8. The average Bonchev–Trinajstić information content (AvgIpc) is 2.68. The van der Waals surface area contributed by atoms with Gasteiger partial charge < -0.3 is 4.42 Å². The van der Waals surface area contributed by atoms with Gasteiger partial charge in [0.25, 0.3) is 5.24 Å². The molecule has 0 aliphatic carbocycles. The molecule has 2 aromatic rings. The molecule has 5 heteroatoms. The van der Waals surface area contributed by atoms with Crippen molar-refractivity contribution in [3.8, 4) is 11.5 Å². The number of hydrogen-bond donors (Lipinski definition) is 0. The molecule has 0 atom stereocenters. The second-order valence-corrected chi connectivity index (χ2v) is 3.60. The summed E-state index contributed by atoms with van der Waals surface area (Å²) in [4.78, 5) is 14.7. The van der Waals surface area contributed by atoms with Crippen LogP contribution in [0, 0.1) is 0 Å². The summed E-state index contributed by atoms with van der Waals surface area (Å²) in [5.74, 6) is 0.343. The molecule has 0 bridgehead atoms. The molecule has 76 valence electrons. The number of rotatable bonds is 2. The van der Waals surface area contributed by atoms with Crippen molar-refractivity contribution < 1.29 is 9.21 Å². The Labute approximate surface area is 95.6 Å². The highest BCUT2D eigenvalue weighted by Crippen LogP contribution is 2.21. The van der Waals surface area contributed by atoms with Crippen LogP contribution in [-0.2, 0) is 0 Å². The van der Waals surface area contributed by atoms with E-state index in [1.165, 1.54) is 6.26 Å². The maximum absolute atomic E-state index is 10.8. The van der Waals surface area contributed by atoms with Crippen LogP contribution in [0.3, 0.4) is 0 Å². The predicted octanol–water partition coefficient (Wildman–Crippen LogP) is 3.37. The molecule has 0 fully saturated rings. The van der Waals surface area contributed by atoms with Crippen molar-refractivity contribution in [3.63, 3.8) is 0 Å². The maximum Gasteiger partial charge on any atom is 0.274 e. The third kappa shape index (κ3) is 2.19. The van der Waals surface area contributed by atoms with Crippen LogP contribution in [0.15, 0.2) is 34.9 Å². The maximum atomic E-state index is 10.8. The molecule has 0 aliphatic heterocycles. The molecule has 1 heterocycles. The third-order valence-corrected chi connectivity index (χ3v) is 2.24. The molecule has 0 saturated heterocycles. The lowest BCUT2D eigenvalue weighted by Crippen LogP contribution is -1.87. The van der Waals surface area contributed by atoms with E-state index in [4.69, 9.17) is 27.6 Å². The topological polar surface area (TPSA) is 43.1 Å². The van der Waals surface area contributed by atoms with Gasteiger partial charge in [-0.1, -0.05) is 11.6 Å². The molecule has 15 heavy (non-hydrogen) atoms. The van der Waals surface area contributed by atoms with E-state index in [0.29, 0.717) is 10.9 Å². The lowest BCUT2D eigenvalue weighted by atomic mass is 10.2. The molecule has 0 unspecified atom stereocenters. The highest BCUT2D eigenvalue weighted by atomic mass is 35.5. The van der Waals surface area contributed by atoms with Gasteiger partial charge in [0.05, 0.1) is 0 Å². The van der Waals surface area contributed by atoms with Gasteiger partial charge in [-0.05, 0) is 35.9 Å².